The van der Waals surface area contributed by atoms with Crippen LogP contribution in [0.25, 0.3) is 0 Å². The van der Waals surface area contributed by atoms with Gasteiger partial charge in [0, 0.05) is 9.13 Å². The van der Waals surface area contributed by atoms with Crippen LogP contribution in [0.1, 0.15) is 10.4 Å². The molecule has 0 aliphatic rings. The fourth-order valence-electron chi connectivity index (χ4n) is 1.68. The lowest BCUT2D eigenvalue weighted by Crippen LogP contribution is -2.16. The molecule has 110 valence electrons. The number of halogens is 1. The Kier molecular flexibility index (Phi) is 4.84. The first-order valence-electron chi connectivity index (χ1n) is 5.99. The van der Waals surface area contributed by atoms with Crippen LogP contribution < -0.4 is 10.0 Å². The topological polar surface area (TPSA) is 75.3 Å². The number of hydrogen-bond donors (Lipinski definition) is 2. The SMILES string of the molecule is CS(=O)(=O)Nc1ccccc1NC(=O)c1ccc(I)cc1. The molecule has 2 N–H and O–H groups in total. The molecule has 0 unspecified atom stereocenters. The third kappa shape index (κ3) is 4.71. The second-order valence-electron chi connectivity index (χ2n) is 4.38. The lowest BCUT2D eigenvalue weighted by molar-refractivity contribution is 0.102. The van der Waals surface area contributed by atoms with E-state index < -0.39 is 10.0 Å². The fraction of sp³-hybridized carbons (Fsp3) is 0.0714. The van der Waals surface area contributed by atoms with Gasteiger partial charge in [0.25, 0.3) is 5.91 Å². The van der Waals surface area contributed by atoms with Crippen LogP contribution in [-0.4, -0.2) is 20.6 Å². The predicted molar refractivity (Wildman–Crippen MR) is 92.0 cm³/mol. The van der Waals surface area contributed by atoms with E-state index in [1.165, 1.54) is 0 Å². The van der Waals surface area contributed by atoms with Crippen LogP contribution in [0.3, 0.4) is 0 Å². The first kappa shape index (κ1) is 15.8. The van der Waals surface area contributed by atoms with Crippen LogP contribution in [0.2, 0.25) is 0 Å². The molecule has 0 aromatic heterocycles. The minimum absolute atomic E-state index is 0.297. The Morgan fingerprint density at radius 3 is 2.14 bits per heavy atom. The number of nitrogens with one attached hydrogen (secondary N) is 2. The summed E-state index contributed by atoms with van der Waals surface area (Å²) in [6.45, 7) is 0. The second kappa shape index (κ2) is 6.44. The van der Waals surface area contributed by atoms with Crippen LogP contribution >= 0.6 is 22.6 Å². The van der Waals surface area contributed by atoms with Gasteiger partial charge in [-0.05, 0) is 59.0 Å². The molecule has 0 heterocycles. The van der Waals surface area contributed by atoms with Crippen molar-refractivity contribution in [3.05, 3.63) is 57.7 Å². The summed E-state index contributed by atoms with van der Waals surface area (Å²) in [5, 5.41) is 2.70. The maximum atomic E-state index is 12.2. The molecule has 2 aromatic carbocycles. The molecule has 2 aromatic rings. The Bertz CT molecular complexity index is 758. The smallest absolute Gasteiger partial charge is 0.255 e. The highest BCUT2D eigenvalue weighted by atomic mass is 127. The molecule has 0 radical (unpaired) electrons. The highest BCUT2D eigenvalue weighted by Crippen LogP contribution is 2.22. The minimum atomic E-state index is -3.41. The number of carbonyl (C=O) groups excluding carboxylic acids is 1. The van der Waals surface area contributed by atoms with Gasteiger partial charge in [-0.3, -0.25) is 9.52 Å². The summed E-state index contributed by atoms with van der Waals surface area (Å²) in [5.41, 5.74) is 1.25. The Morgan fingerprint density at radius 2 is 1.57 bits per heavy atom. The highest BCUT2D eigenvalue weighted by Gasteiger charge is 2.11. The zero-order valence-corrected chi connectivity index (χ0v) is 14.1. The van der Waals surface area contributed by atoms with Crippen molar-refractivity contribution in [2.45, 2.75) is 0 Å². The predicted octanol–water partition coefficient (Wildman–Crippen LogP) is 2.92. The molecule has 0 aliphatic carbocycles. The molecule has 0 fully saturated rings. The summed E-state index contributed by atoms with van der Waals surface area (Å²) in [6, 6.07) is 13.7. The normalized spacial score (nSPS) is 11.0. The van der Waals surface area contributed by atoms with E-state index in [0.29, 0.717) is 16.9 Å². The van der Waals surface area contributed by atoms with Crippen molar-refractivity contribution in [1.82, 2.24) is 0 Å². The van der Waals surface area contributed by atoms with Crippen LogP contribution in [0.15, 0.2) is 48.5 Å². The van der Waals surface area contributed by atoms with Crippen LogP contribution in [-0.2, 0) is 10.0 Å². The van der Waals surface area contributed by atoms with E-state index in [2.05, 4.69) is 32.6 Å². The monoisotopic (exact) mass is 416 g/mol. The van der Waals surface area contributed by atoms with Gasteiger partial charge in [0.05, 0.1) is 17.6 Å². The Hall–Kier alpha value is -1.61. The summed E-state index contributed by atoms with van der Waals surface area (Å²) in [4.78, 5) is 12.2. The second-order valence-corrected chi connectivity index (χ2v) is 7.37. The minimum Gasteiger partial charge on any atom is -0.320 e. The molecule has 2 rings (SSSR count). The number of benzene rings is 2. The van der Waals surface area contributed by atoms with Gasteiger partial charge in [-0.15, -0.1) is 0 Å². The van der Waals surface area contributed by atoms with Crippen molar-refractivity contribution < 1.29 is 13.2 Å². The van der Waals surface area contributed by atoms with Gasteiger partial charge in [-0.25, -0.2) is 8.42 Å². The molecular weight excluding hydrogens is 403 g/mol. The van der Waals surface area contributed by atoms with Gasteiger partial charge in [-0.1, -0.05) is 12.1 Å². The number of rotatable bonds is 4. The van der Waals surface area contributed by atoms with E-state index >= 15 is 0 Å². The van der Waals surface area contributed by atoms with Gasteiger partial charge >= 0.3 is 0 Å². The maximum absolute atomic E-state index is 12.2. The lowest BCUT2D eigenvalue weighted by Gasteiger charge is -2.11. The number of anilines is 2. The molecule has 5 nitrogen and oxygen atoms in total. The van der Waals surface area contributed by atoms with E-state index in [4.69, 9.17) is 0 Å². The molecule has 1 amide bonds. The summed E-state index contributed by atoms with van der Waals surface area (Å²) in [6.07, 6.45) is 1.06. The third-order valence-corrected chi connectivity index (χ3v) is 3.89. The zero-order valence-electron chi connectivity index (χ0n) is 11.1. The van der Waals surface area contributed by atoms with E-state index in [1.807, 2.05) is 12.1 Å². The molecule has 0 bridgehead atoms. The van der Waals surface area contributed by atoms with Crippen molar-refractivity contribution in [3.63, 3.8) is 0 Å². The molecule has 0 spiro atoms. The highest BCUT2D eigenvalue weighted by molar-refractivity contribution is 14.1. The van der Waals surface area contributed by atoms with Gasteiger partial charge < -0.3 is 5.32 Å². The number of hydrogen-bond acceptors (Lipinski definition) is 3. The summed E-state index contributed by atoms with van der Waals surface area (Å²) >= 11 is 2.16. The molecule has 0 saturated heterocycles. The summed E-state index contributed by atoms with van der Waals surface area (Å²) < 4.78 is 26.0. The standard InChI is InChI=1S/C14H13IN2O3S/c1-21(19,20)17-13-5-3-2-4-12(13)16-14(18)10-6-8-11(15)9-7-10/h2-9,17H,1H3,(H,16,18). The van der Waals surface area contributed by atoms with E-state index in [9.17, 15) is 13.2 Å². The average molecular weight is 416 g/mol. The van der Waals surface area contributed by atoms with Crippen molar-refractivity contribution in [3.8, 4) is 0 Å². The molecular formula is C14H13IN2O3S. The fourth-order valence-corrected chi connectivity index (χ4v) is 2.61. The number of para-hydroxylation sites is 2. The molecule has 0 saturated carbocycles. The lowest BCUT2D eigenvalue weighted by atomic mass is 10.2. The number of sulfonamides is 1. The van der Waals surface area contributed by atoms with E-state index in [-0.39, 0.29) is 5.91 Å². The quantitative estimate of drug-likeness (QED) is 0.753. The summed E-state index contributed by atoms with van der Waals surface area (Å²) in [5.74, 6) is -0.297. The Morgan fingerprint density at radius 1 is 1.00 bits per heavy atom. The van der Waals surface area contributed by atoms with E-state index in [1.54, 1.807) is 36.4 Å². The van der Waals surface area contributed by atoms with Crippen LogP contribution in [0.4, 0.5) is 11.4 Å². The van der Waals surface area contributed by atoms with Crippen molar-refractivity contribution in [2.75, 3.05) is 16.3 Å². The average Bonchev–Trinajstić information content (AvgIpc) is 2.40. The number of amides is 1. The summed E-state index contributed by atoms with van der Waals surface area (Å²) in [7, 11) is -3.41. The molecule has 0 atom stereocenters. The largest absolute Gasteiger partial charge is 0.320 e. The van der Waals surface area contributed by atoms with Gasteiger partial charge in [0.1, 0.15) is 0 Å². The van der Waals surface area contributed by atoms with Gasteiger partial charge in [-0.2, -0.15) is 0 Å². The first-order chi connectivity index (χ1) is 9.85. The first-order valence-corrected chi connectivity index (χ1v) is 8.96. The van der Waals surface area contributed by atoms with Crippen LogP contribution in [0, 0.1) is 3.57 Å². The third-order valence-electron chi connectivity index (χ3n) is 2.58. The zero-order chi connectivity index (χ0) is 15.5. The van der Waals surface area contributed by atoms with Crippen molar-refractivity contribution in [2.24, 2.45) is 0 Å². The van der Waals surface area contributed by atoms with Crippen LogP contribution in [0.5, 0.6) is 0 Å². The van der Waals surface area contributed by atoms with E-state index in [0.717, 1.165) is 9.83 Å². The van der Waals surface area contributed by atoms with Crippen molar-refractivity contribution >= 4 is 49.9 Å². The maximum Gasteiger partial charge on any atom is 0.255 e. The van der Waals surface area contributed by atoms with Gasteiger partial charge in [0.2, 0.25) is 10.0 Å². The van der Waals surface area contributed by atoms with Gasteiger partial charge in [0.15, 0.2) is 0 Å². The molecule has 21 heavy (non-hydrogen) atoms. The molecule has 0 aliphatic heterocycles. The Balaban J connectivity index is 2.23. The van der Waals surface area contributed by atoms with Crippen molar-refractivity contribution in [1.29, 1.82) is 0 Å². The Labute approximate surface area is 137 Å². The number of carbonyl (C=O) groups is 1. The molecule has 7 heteroatoms.